The fourth-order valence-electron chi connectivity index (χ4n) is 0.131. The lowest BCUT2D eigenvalue weighted by molar-refractivity contribution is -0.556. The molecule has 0 aromatic rings. The van der Waals surface area contributed by atoms with Gasteiger partial charge < -0.3 is 0 Å². The molecular weight excluding hydrogens is 134 g/mol. The molecular formula is C4H8F2O3. The second kappa shape index (κ2) is 4.60. The van der Waals surface area contributed by atoms with Crippen molar-refractivity contribution < 1.29 is 23.6 Å². The highest BCUT2D eigenvalue weighted by Crippen LogP contribution is 1.96. The molecule has 0 bridgehead atoms. The van der Waals surface area contributed by atoms with Gasteiger partial charge >= 0.3 is 0 Å². The van der Waals surface area contributed by atoms with Crippen molar-refractivity contribution in [2.24, 2.45) is 0 Å². The van der Waals surface area contributed by atoms with Crippen molar-refractivity contribution in [3.63, 3.8) is 0 Å². The minimum absolute atomic E-state index is 1.08. The van der Waals surface area contributed by atoms with Crippen molar-refractivity contribution in [2.75, 3.05) is 0 Å². The Hall–Kier alpha value is -0.260. The minimum atomic E-state index is -1.62. The first kappa shape index (κ1) is 8.74. The van der Waals surface area contributed by atoms with E-state index in [0.717, 1.165) is 13.8 Å². The quantitative estimate of drug-likeness (QED) is 0.439. The van der Waals surface area contributed by atoms with Crippen LogP contribution < -0.4 is 0 Å². The Morgan fingerprint density at radius 3 is 1.56 bits per heavy atom. The zero-order valence-corrected chi connectivity index (χ0v) is 5.14. The van der Waals surface area contributed by atoms with Crippen LogP contribution in [0.2, 0.25) is 0 Å². The van der Waals surface area contributed by atoms with Crippen LogP contribution >= 0.6 is 0 Å². The van der Waals surface area contributed by atoms with Crippen LogP contribution in [0, 0.1) is 0 Å². The van der Waals surface area contributed by atoms with E-state index >= 15 is 0 Å². The van der Waals surface area contributed by atoms with Crippen LogP contribution in [0.5, 0.6) is 0 Å². The zero-order chi connectivity index (χ0) is 7.28. The van der Waals surface area contributed by atoms with Gasteiger partial charge in [-0.25, -0.2) is 8.78 Å². The molecule has 56 valence electrons. The van der Waals surface area contributed by atoms with E-state index in [0.29, 0.717) is 0 Å². The van der Waals surface area contributed by atoms with E-state index < -0.39 is 12.7 Å². The standard InChI is InChI=1S/C4H8F2O3/c1-3(5)7-9-8-4(2)6/h3-4H,1-2H3. The van der Waals surface area contributed by atoms with Crippen LogP contribution in [0.4, 0.5) is 8.78 Å². The fourth-order valence-corrected chi connectivity index (χ4v) is 0.131. The maximum atomic E-state index is 11.6. The highest BCUT2D eigenvalue weighted by atomic mass is 19.2. The van der Waals surface area contributed by atoms with Crippen molar-refractivity contribution in [2.45, 2.75) is 26.6 Å². The van der Waals surface area contributed by atoms with Crippen molar-refractivity contribution in [3.05, 3.63) is 0 Å². The van der Waals surface area contributed by atoms with Gasteiger partial charge in [-0.3, -0.25) is 0 Å². The first-order valence-electron chi connectivity index (χ1n) is 2.40. The number of alkyl halides is 2. The molecule has 0 aliphatic rings. The summed E-state index contributed by atoms with van der Waals surface area (Å²) in [5.41, 5.74) is 0. The molecule has 0 fully saturated rings. The number of rotatable bonds is 4. The molecule has 0 radical (unpaired) electrons. The van der Waals surface area contributed by atoms with Crippen LogP contribution in [0.3, 0.4) is 0 Å². The molecule has 0 aliphatic carbocycles. The molecule has 0 aromatic carbocycles. The summed E-state index contributed by atoms with van der Waals surface area (Å²) in [5, 5.41) is 3.61. The van der Waals surface area contributed by atoms with E-state index in [4.69, 9.17) is 0 Å². The lowest BCUT2D eigenvalue weighted by Crippen LogP contribution is -2.06. The van der Waals surface area contributed by atoms with Crippen molar-refractivity contribution >= 4 is 0 Å². The van der Waals surface area contributed by atoms with Gasteiger partial charge in [-0.05, 0) is 13.8 Å². The largest absolute Gasteiger partial charge is 0.231 e. The summed E-state index contributed by atoms with van der Waals surface area (Å²) in [7, 11) is 0. The Labute approximate surface area is 51.4 Å². The monoisotopic (exact) mass is 142 g/mol. The molecule has 0 saturated heterocycles. The third kappa shape index (κ3) is 7.74. The highest BCUT2D eigenvalue weighted by Gasteiger charge is 2.01. The summed E-state index contributed by atoms with van der Waals surface area (Å²) in [5.74, 6) is 0. The van der Waals surface area contributed by atoms with Crippen LogP contribution in [0.25, 0.3) is 0 Å². The van der Waals surface area contributed by atoms with Crippen LogP contribution in [-0.4, -0.2) is 12.7 Å². The smallest absolute Gasteiger partial charge is 0.213 e. The average Bonchev–Trinajstić information content (AvgIpc) is 1.63. The normalized spacial score (nSPS) is 17.3. The van der Waals surface area contributed by atoms with E-state index in [1.54, 1.807) is 0 Å². The average molecular weight is 142 g/mol. The van der Waals surface area contributed by atoms with E-state index in [-0.39, 0.29) is 0 Å². The zero-order valence-electron chi connectivity index (χ0n) is 5.14. The van der Waals surface area contributed by atoms with Crippen molar-refractivity contribution in [1.29, 1.82) is 0 Å². The van der Waals surface area contributed by atoms with Gasteiger partial charge in [0.1, 0.15) is 0 Å². The topological polar surface area (TPSA) is 27.7 Å². The molecule has 0 saturated carbocycles. The third-order valence-corrected chi connectivity index (χ3v) is 0.344. The molecule has 2 unspecified atom stereocenters. The van der Waals surface area contributed by atoms with E-state index in [1.165, 1.54) is 0 Å². The Balaban J connectivity index is 2.91. The van der Waals surface area contributed by atoms with Crippen LogP contribution in [0.1, 0.15) is 13.8 Å². The van der Waals surface area contributed by atoms with Gasteiger partial charge in [0.2, 0.25) is 12.7 Å². The third-order valence-electron chi connectivity index (χ3n) is 0.344. The van der Waals surface area contributed by atoms with Gasteiger partial charge in [0.05, 0.1) is 0 Å². The Morgan fingerprint density at radius 2 is 1.33 bits per heavy atom. The Morgan fingerprint density at radius 1 is 1.00 bits per heavy atom. The molecule has 9 heavy (non-hydrogen) atoms. The molecule has 0 spiro atoms. The molecule has 0 heterocycles. The highest BCUT2D eigenvalue weighted by molar-refractivity contribution is 4.11. The Kier molecular flexibility index (Phi) is 4.47. The van der Waals surface area contributed by atoms with Gasteiger partial charge in [-0.2, -0.15) is 9.78 Å². The fraction of sp³-hybridized carbons (Fsp3) is 1.00. The lowest BCUT2D eigenvalue weighted by Gasteiger charge is -2.02. The molecule has 0 aliphatic heterocycles. The lowest BCUT2D eigenvalue weighted by atomic mass is 10.8. The maximum Gasteiger partial charge on any atom is 0.231 e. The number of halogens is 2. The van der Waals surface area contributed by atoms with Gasteiger partial charge in [0, 0.05) is 0 Å². The minimum Gasteiger partial charge on any atom is -0.213 e. The molecule has 0 amide bonds. The number of hydrogen-bond donors (Lipinski definition) is 0. The molecule has 0 aromatic heterocycles. The summed E-state index contributed by atoms with van der Waals surface area (Å²) in [6.45, 7) is 2.15. The van der Waals surface area contributed by atoms with Crippen molar-refractivity contribution in [3.8, 4) is 0 Å². The SMILES string of the molecule is CC(F)OOOC(C)F. The molecule has 0 rings (SSSR count). The maximum absolute atomic E-state index is 11.6. The molecule has 5 heteroatoms. The van der Waals surface area contributed by atoms with E-state index in [2.05, 4.69) is 14.8 Å². The van der Waals surface area contributed by atoms with Gasteiger partial charge in [0.25, 0.3) is 0 Å². The van der Waals surface area contributed by atoms with E-state index in [1.807, 2.05) is 0 Å². The van der Waals surface area contributed by atoms with Gasteiger partial charge in [-0.15, -0.1) is 0 Å². The van der Waals surface area contributed by atoms with E-state index in [9.17, 15) is 8.78 Å². The first-order chi connectivity index (χ1) is 4.13. The Bertz CT molecular complexity index is 58.8. The summed E-state index contributed by atoms with van der Waals surface area (Å²) >= 11 is 0. The summed E-state index contributed by atoms with van der Waals surface area (Å²) in [6, 6.07) is 0. The summed E-state index contributed by atoms with van der Waals surface area (Å²) in [6.07, 6.45) is -3.24. The second-order valence-corrected chi connectivity index (χ2v) is 1.35. The van der Waals surface area contributed by atoms with Crippen LogP contribution in [0.15, 0.2) is 0 Å². The first-order valence-corrected chi connectivity index (χ1v) is 2.40. The van der Waals surface area contributed by atoms with Gasteiger partial charge in [0.15, 0.2) is 0 Å². The second-order valence-electron chi connectivity index (χ2n) is 1.35. The predicted molar refractivity (Wildman–Crippen MR) is 24.4 cm³/mol. The van der Waals surface area contributed by atoms with Crippen molar-refractivity contribution in [1.82, 2.24) is 0 Å². The van der Waals surface area contributed by atoms with Gasteiger partial charge in [-0.1, -0.05) is 5.04 Å². The molecule has 0 N–H and O–H groups in total. The predicted octanol–water partition coefficient (Wildman–Crippen LogP) is 1.50. The summed E-state index contributed by atoms with van der Waals surface area (Å²) < 4.78 is 23.2. The van der Waals surface area contributed by atoms with Crippen LogP contribution in [-0.2, 0) is 14.8 Å². The molecule has 3 nitrogen and oxygen atoms in total. The summed E-state index contributed by atoms with van der Waals surface area (Å²) in [4.78, 5) is 7.45. The number of hydrogen-bond acceptors (Lipinski definition) is 3. The molecule has 2 atom stereocenters.